The van der Waals surface area contributed by atoms with Crippen molar-refractivity contribution in [1.82, 2.24) is 5.32 Å². The van der Waals surface area contributed by atoms with E-state index in [1.807, 2.05) is 0 Å². The van der Waals surface area contributed by atoms with Gasteiger partial charge in [0, 0.05) is 12.2 Å². The number of rotatable bonds is 7. The molecule has 2 aromatic carbocycles. The highest BCUT2D eigenvalue weighted by molar-refractivity contribution is 6.39. The second-order valence-electron chi connectivity index (χ2n) is 5.28. The van der Waals surface area contributed by atoms with E-state index in [1.54, 1.807) is 0 Å². The zero-order valence-electron chi connectivity index (χ0n) is 13.4. The molecule has 0 unspecified atom stereocenters. The van der Waals surface area contributed by atoms with Crippen LogP contribution in [0.1, 0.15) is 5.56 Å². The minimum atomic E-state index is -2.98. The van der Waals surface area contributed by atoms with Crippen LogP contribution in [0.4, 0.5) is 24.5 Å². The summed E-state index contributed by atoms with van der Waals surface area (Å²) in [6, 6.07) is 7.59. The Hall–Kier alpha value is -1.96. The van der Waals surface area contributed by atoms with E-state index in [0.29, 0.717) is 10.5 Å². The first-order valence-electron chi connectivity index (χ1n) is 7.52. The number of aliphatic hydroxyl groups excluding tert-OH is 1. The minimum absolute atomic E-state index is 0.0347. The number of alkyl halides is 2. The molecule has 0 fully saturated rings. The quantitative estimate of drug-likeness (QED) is 0.679. The number of hydrogen-bond donors (Lipinski definition) is 2. The fraction of sp³-hybridized carbons (Fsp3) is 0.235. The van der Waals surface area contributed by atoms with E-state index >= 15 is 0 Å². The summed E-state index contributed by atoms with van der Waals surface area (Å²) in [6.07, 6.45) is 0.0347. The zero-order valence-corrected chi connectivity index (χ0v) is 14.9. The average Bonchev–Trinajstić information content (AvgIpc) is 2.56. The van der Waals surface area contributed by atoms with Crippen molar-refractivity contribution in [3.8, 4) is 0 Å². The number of benzene rings is 2. The molecule has 26 heavy (non-hydrogen) atoms. The van der Waals surface area contributed by atoms with Gasteiger partial charge in [0.15, 0.2) is 0 Å². The Morgan fingerprint density at radius 2 is 1.73 bits per heavy atom. The Morgan fingerprint density at radius 3 is 2.23 bits per heavy atom. The summed E-state index contributed by atoms with van der Waals surface area (Å²) in [5, 5.41) is 10.7. The highest BCUT2D eigenvalue weighted by Crippen LogP contribution is 2.40. The molecule has 0 saturated heterocycles. The molecule has 0 radical (unpaired) electrons. The van der Waals surface area contributed by atoms with E-state index in [0.717, 1.165) is 12.1 Å². The zero-order chi connectivity index (χ0) is 19.3. The molecule has 0 aliphatic carbocycles. The second-order valence-corrected chi connectivity index (χ2v) is 6.10. The topological polar surface area (TPSA) is 52.6 Å². The van der Waals surface area contributed by atoms with Crippen LogP contribution in [0.15, 0.2) is 36.4 Å². The number of anilines is 2. The number of amides is 1. The number of aliphatic hydroxyl groups is 1. The first-order valence-corrected chi connectivity index (χ1v) is 8.27. The van der Waals surface area contributed by atoms with Crippen molar-refractivity contribution in [2.45, 2.75) is 13.0 Å². The highest BCUT2D eigenvalue weighted by atomic mass is 35.5. The van der Waals surface area contributed by atoms with Crippen LogP contribution in [0.5, 0.6) is 0 Å². The molecule has 4 nitrogen and oxygen atoms in total. The monoisotopic (exact) mass is 406 g/mol. The van der Waals surface area contributed by atoms with Crippen LogP contribution in [0.25, 0.3) is 0 Å². The van der Waals surface area contributed by atoms with Gasteiger partial charge < -0.3 is 10.4 Å². The maximum atomic E-state index is 13.6. The Labute approximate surface area is 158 Å². The molecule has 0 heterocycles. The van der Waals surface area contributed by atoms with Crippen molar-refractivity contribution < 1.29 is 23.1 Å². The third-order valence-corrected chi connectivity index (χ3v) is 4.01. The molecule has 0 aliphatic heterocycles. The molecule has 0 atom stereocenters. The van der Waals surface area contributed by atoms with Gasteiger partial charge in [0.05, 0.1) is 28.8 Å². The molecule has 0 aliphatic rings. The molecular formula is C17H15Cl2F3N2O2. The third kappa shape index (κ3) is 5.03. The van der Waals surface area contributed by atoms with Crippen molar-refractivity contribution in [2.75, 3.05) is 18.1 Å². The molecule has 0 aromatic heterocycles. The first-order chi connectivity index (χ1) is 12.3. The number of hydrogen-bond acceptors (Lipinski definition) is 3. The second kappa shape index (κ2) is 9.12. The molecule has 0 spiro atoms. The van der Waals surface area contributed by atoms with E-state index in [2.05, 4.69) is 5.32 Å². The molecule has 2 N–H and O–H groups in total. The van der Waals surface area contributed by atoms with Gasteiger partial charge in [0.2, 0.25) is 5.91 Å². The van der Waals surface area contributed by atoms with Gasteiger partial charge >= 0.3 is 6.55 Å². The summed E-state index contributed by atoms with van der Waals surface area (Å²) in [5.74, 6) is -1.04. The van der Waals surface area contributed by atoms with E-state index in [4.69, 9.17) is 28.3 Å². The molecule has 9 heteroatoms. The Balaban J connectivity index is 2.28. The SMILES string of the molecule is O=C(Cc1ccc(N(c2c(Cl)cc(F)cc2Cl)C(F)F)cc1)NCCO. The molecule has 140 valence electrons. The van der Waals surface area contributed by atoms with Crippen molar-refractivity contribution in [3.63, 3.8) is 0 Å². The third-order valence-electron chi connectivity index (χ3n) is 3.43. The molecule has 1 amide bonds. The van der Waals surface area contributed by atoms with E-state index in [9.17, 15) is 18.0 Å². The van der Waals surface area contributed by atoms with Gasteiger partial charge in [-0.2, -0.15) is 8.78 Å². The summed E-state index contributed by atoms with van der Waals surface area (Å²) >= 11 is 11.8. The van der Waals surface area contributed by atoms with Crippen molar-refractivity contribution in [1.29, 1.82) is 0 Å². The normalized spacial score (nSPS) is 10.9. The lowest BCUT2D eigenvalue weighted by Gasteiger charge is -2.26. The van der Waals surface area contributed by atoms with Crippen molar-refractivity contribution in [3.05, 3.63) is 57.8 Å². The fourth-order valence-electron chi connectivity index (χ4n) is 2.32. The van der Waals surface area contributed by atoms with Crippen molar-refractivity contribution in [2.24, 2.45) is 0 Å². The lowest BCUT2D eigenvalue weighted by molar-refractivity contribution is -0.120. The summed E-state index contributed by atoms with van der Waals surface area (Å²) in [6.45, 7) is -3.01. The fourth-order valence-corrected chi connectivity index (χ4v) is 2.96. The minimum Gasteiger partial charge on any atom is -0.395 e. The predicted molar refractivity (Wildman–Crippen MR) is 94.8 cm³/mol. The van der Waals surface area contributed by atoms with Crippen LogP contribution in [0, 0.1) is 5.82 Å². The molecule has 2 rings (SSSR count). The van der Waals surface area contributed by atoms with E-state index < -0.39 is 12.4 Å². The predicted octanol–water partition coefficient (Wildman–Crippen LogP) is 4.14. The summed E-state index contributed by atoms with van der Waals surface area (Å²) in [5.41, 5.74) is 0.461. The lowest BCUT2D eigenvalue weighted by Crippen LogP contribution is -2.28. The number of carbonyl (C=O) groups is 1. The summed E-state index contributed by atoms with van der Waals surface area (Å²) in [7, 11) is 0. The van der Waals surface area contributed by atoms with E-state index in [-0.39, 0.29) is 46.9 Å². The molecular weight excluding hydrogens is 392 g/mol. The van der Waals surface area contributed by atoms with Gasteiger partial charge in [-0.05, 0) is 29.8 Å². The van der Waals surface area contributed by atoms with Gasteiger partial charge in [-0.1, -0.05) is 35.3 Å². The number of halogens is 5. The van der Waals surface area contributed by atoms with Crippen molar-refractivity contribution >= 4 is 40.5 Å². The standard InChI is InChI=1S/C17H15Cl2F3N2O2/c18-13-8-11(20)9-14(19)16(13)24(17(21)22)12-3-1-10(2-4-12)7-15(26)23-5-6-25/h1-4,8-9,17,25H,5-7H2,(H,23,26). The maximum Gasteiger partial charge on any atom is 0.319 e. The Morgan fingerprint density at radius 1 is 1.15 bits per heavy atom. The highest BCUT2D eigenvalue weighted by Gasteiger charge is 2.25. The average molecular weight is 407 g/mol. The van der Waals surface area contributed by atoms with Crippen LogP contribution in [0.3, 0.4) is 0 Å². The van der Waals surface area contributed by atoms with E-state index in [1.165, 1.54) is 24.3 Å². The number of carbonyl (C=O) groups excluding carboxylic acids is 1. The van der Waals surface area contributed by atoms with Crippen LogP contribution in [-0.2, 0) is 11.2 Å². The Bertz CT molecular complexity index is 750. The van der Waals surface area contributed by atoms with Gasteiger partial charge in [0.25, 0.3) is 0 Å². The van der Waals surface area contributed by atoms with Crippen LogP contribution < -0.4 is 10.2 Å². The van der Waals surface area contributed by atoms with Gasteiger partial charge in [0.1, 0.15) is 5.82 Å². The molecule has 0 bridgehead atoms. The lowest BCUT2D eigenvalue weighted by atomic mass is 10.1. The number of nitrogens with one attached hydrogen (secondary N) is 1. The molecule has 2 aromatic rings. The van der Waals surface area contributed by atoms with Crippen LogP contribution >= 0.6 is 23.2 Å². The Kier molecular flexibility index (Phi) is 7.14. The smallest absolute Gasteiger partial charge is 0.319 e. The van der Waals surface area contributed by atoms with Gasteiger partial charge in [-0.25, -0.2) is 4.39 Å². The largest absolute Gasteiger partial charge is 0.395 e. The number of nitrogens with zero attached hydrogens (tertiary/aromatic N) is 1. The maximum absolute atomic E-state index is 13.6. The van der Waals surface area contributed by atoms with Crippen LogP contribution in [-0.4, -0.2) is 30.7 Å². The van der Waals surface area contributed by atoms with Crippen LogP contribution in [0.2, 0.25) is 10.0 Å². The first kappa shape index (κ1) is 20.4. The summed E-state index contributed by atoms with van der Waals surface area (Å²) < 4.78 is 40.5. The van der Waals surface area contributed by atoms with Gasteiger partial charge in [-0.3, -0.25) is 9.69 Å². The summed E-state index contributed by atoms with van der Waals surface area (Å²) in [4.78, 5) is 12.2. The van der Waals surface area contributed by atoms with Gasteiger partial charge in [-0.15, -0.1) is 0 Å². The molecule has 0 saturated carbocycles.